The number of rotatable bonds is 5. The molecule has 0 amide bonds. The second kappa shape index (κ2) is 7.72. The third kappa shape index (κ3) is 4.58. The summed E-state index contributed by atoms with van der Waals surface area (Å²) >= 11 is 17.8. The van der Waals surface area contributed by atoms with Crippen molar-refractivity contribution >= 4 is 50.5 Å². The van der Waals surface area contributed by atoms with Crippen molar-refractivity contribution < 1.29 is 8.42 Å². The zero-order valence-electron chi connectivity index (χ0n) is 14.5. The van der Waals surface area contributed by atoms with Gasteiger partial charge in [-0.3, -0.25) is 9.40 Å². The minimum absolute atomic E-state index is 0.00399. The fourth-order valence-electron chi connectivity index (χ4n) is 2.66. The van der Waals surface area contributed by atoms with Gasteiger partial charge in [-0.2, -0.15) is 5.10 Å². The summed E-state index contributed by atoms with van der Waals surface area (Å²) in [6.45, 7) is 4.43. The first-order valence-electron chi connectivity index (χ1n) is 7.93. The molecule has 5 nitrogen and oxygen atoms in total. The predicted molar refractivity (Wildman–Crippen MR) is 110 cm³/mol. The third-order valence-electron chi connectivity index (χ3n) is 3.88. The highest BCUT2D eigenvalue weighted by Gasteiger charge is 2.20. The summed E-state index contributed by atoms with van der Waals surface area (Å²) in [4.78, 5) is -0.137. The van der Waals surface area contributed by atoms with Crippen LogP contribution in [0.4, 0.5) is 5.69 Å². The zero-order chi connectivity index (χ0) is 19.8. The molecular weight excluding hydrogens is 429 g/mol. The number of benzene rings is 2. The molecule has 0 aliphatic carbocycles. The standard InChI is InChI=1S/C18H16Cl3N3O2S/c1-11-6-12(2)24(22-11)10-13-4-3-5-14(7-13)23-27(25,26)18-9-16(20)15(19)8-17(18)21/h3-9,23H,10H2,1-2H3. The van der Waals surface area contributed by atoms with Gasteiger partial charge in [-0.05, 0) is 49.7 Å². The van der Waals surface area contributed by atoms with Gasteiger partial charge in [-0.1, -0.05) is 46.9 Å². The van der Waals surface area contributed by atoms with Gasteiger partial charge in [0.2, 0.25) is 0 Å². The van der Waals surface area contributed by atoms with E-state index < -0.39 is 10.0 Å². The van der Waals surface area contributed by atoms with Crippen LogP contribution in [0, 0.1) is 13.8 Å². The maximum atomic E-state index is 12.7. The van der Waals surface area contributed by atoms with Crippen molar-refractivity contribution in [3.05, 3.63) is 74.5 Å². The van der Waals surface area contributed by atoms with Gasteiger partial charge in [0.25, 0.3) is 10.0 Å². The molecule has 0 spiro atoms. The van der Waals surface area contributed by atoms with E-state index in [4.69, 9.17) is 34.8 Å². The Morgan fingerprint density at radius 1 is 1.00 bits per heavy atom. The molecule has 27 heavy (non-hydrogen) atoms. The van der Waals surface area contributed by atoms with Crippen LogP contribution in [0.2, 0.25) is 15.1 Å². The van der Waals surface area contributed by atoms with Crippen molar-refractivity contribution in [2.24, 2.45) is 0 Å². The number of sulfonamides is 1. The predicted octanol–water partition coefficient (Wildman–Crippen LogP) is 5.31. The van der Waals surface area contributed by atoms with Crippen molar-refractivity contribution in [3.8, 4) is 0 Å². The number of nitrogens with one attached hydrogen (secondary N) is 1. The summed E-state index contributed by atoms with van der Waals surface area (Å²) in [5.74, 6) is 0. The van der Waals surface area contributed by atoms with Crippen LogP contribution in [0.1, 0.15) is 17.0 Å². The van der Waals surface area contributed by atoms with Crippen molar-refractivity contribution in [1.82, 2.24) is 9.78 Å². The van der Waals surface area contributed by atoms with E-state index in [0.29, 0.717) is 12.2 Å². The highest BCUT2D eigenvalue weighted by atomic mass is 35.5. The van der Waals surface area contributed by atoms with Crippen LogP contribution in [0.5, 0.6) is 0 Å². The van der Waals surface area contributed by atoms with Crippen LogP contribution in [0.25, 0.3) is 0 Å². The first kappa shape index (κ1) is 20.0. The topological polar surface area (TPSA) is 64.0 Å². The van der Waals surface area contributed by atoms with Crippen molar-refractivity contribution in [3.63, 3.8) is 0 Å². The number of hydrogen-bond donors (Lipinski definition) is 1. The Labute approximate surface area is 172 Å². The van der Waals surface area contributed by atoms with Gasteiger partial charge in [-0.25, -0.2) is 8.42 Å². The number of anilines is 1. The smallest absolute Gasteiger partial charge is 0.263 e. The molecule has 1 heterocycles. The van der Waals surface area contributed by atoms with Gasteiger partial charge in [0.1, 0.15) is 4.90 Å². The Morgan fingerprint density at radius 2 is 1.70 bits per heavy atom. The SMILES string of the molecule is Cc1cc(C)n(Cc2cccc(NS(=O)(=O)c3cc(Cl)c(Cl)cc3Cl)c2)n1. The quantitative estimate of drug-likeness (QED) is 0.542. The van der Waals surface area contributed by atoms with Gasteiger partial charge in [0, 0.05) is 11.4 Å². The van der Waals surface area contributed by atoms with Crippen LogP contribution in [-0.2, 0) is 16.6 Å². The Hall–Kier alpha value is -1.73. The van der Waals surface area contributed by atoms with E-state index in [1.165, 1.54) is 12.1 Å². The third-order valence-corrected chi connectivity index (χ3v) is 6.45. The minimum atomic E-state index is -3.92. The normalized spacial score (nSPS) is 11.6. The largest absolute Gasteiger partial charge is 0.280 e. The minimum Gasteiger partial charge on any atom is -0.280 e. The molecule has 2 aromatic carbocycles. The summed E-state index contributed by atoms with van der Waals surface area (Å²) in [5.41, 5.74) is 3.28. The molecule has 0 atom stereocenters. The Morgan fingerprint density at radius 3 is 2.37 bits per heavy atom. The number of aryl methyl sites for hydroxylation is 2. The van der Waals surface area contributed by atoms with Crippen LogP contribution >= 0.6 is 34.8 Å². The van der Waals surface area contributed by atoms with Gasteiger partial charge in [0.05, 0.1) is 27.3 Å². The molecular formula is C18H16Cl3N3O2S. The molecule has 0 radical (unpaired) electrons. The van der Waals surface area contributed by atoms with Crippen LogP contribution in [0.15, 0.2) is 47.4 Å². The van der Waals surface area contributed by atoms with E-state index in [1.807, 2.05) is 30.7 Å². The molecule has 0 aliphatic heterocycles. The van der Waals surface area contributed by atoms with Crippen LogP contribution in [-0.4, -0.2) is 18.2 Å². The summed E-state index contributed by atoms with van der Waals surface area (Å²) in [6.07, 6.45) is 0. The van der Waals surface area contributed by atoms with E-state index in [1.54, 1.807) is 18.2 Å². The second-order valence-electron chi connectivity index (χ2n) is 6.09. The maximum Gasteiger partial charge on any atom is 0.263 e. The van der Waals surface area contributed by atoms with Crippen LogP contribution in [0.3, 0.4) is 0 Å². The summed E-state index contributed by atoms with van der Waals surface area (Å²) in [7, 11) is -3.92. The van der Waals surface area contributed by atoms with Gasteiger partial charge in [0.15, 0.2) is 0 Å². The molecule has 3 rings (SSSR count). The van der Waals surface area contributed by atoms with E-state index in [2.05, 4.69) is 9.82 Å². The molecule has 1 aromatic heterocycles. The molecule has 3 aromatic rings. The van der Waals surface area contributed by atoms with Crippen molar-refractivity contribution in [1.29, 1.82) is 0 Å². The highest BCUT2D eigenvalue weighted by Crippen LogP contribution is 2.32. The highest BCUT2D eigenvalue weighted by molar-refractivity contribution is 7.92. The fourth-order valence-corrected chi connectivity index (χ4v) is 4.71. The van der Waals surface area contributed by atoms with E-state index >= 15 is 0 Å². The summed E-state index contributed by atoms with van der Waals surface area (Å²) < 4.78 is 29.8. The Balaban J connectivity index is 1.87. The zero-order valence-corrected chi connectivity index (χ0v) is 17.6. The molecule has 0 saturated carbocycles. The van der Waals surface area contributed by atoms with Gasteiger partial charge >= 0.3 is 0 Å². The fraction of sp³-hybridized carbons (Fsp3) is 0.167. The average Bonchev–Trinajstić information content (AvgIpc) is 2.88. The van der Waals surface area contributed by atoms with Gasteiger partial charge < -0.3 is 0 Å². The second-order valence-corrected chi connectivity index (χ2v) is 8.96. The summed E-state index contributed by atoms with van der Waals surface area (Å²) in [5, 5.41) is 4.71. The lowest BCUT2D eigenvalue weighted by atomic mass is 10.2. The van der Waals surface area contributed by atoms with E-state index in [0.717, 1.165) is 17.0 Å². The van der Waals surface area contributed by atoms with E-state index in [9.17, 15) is 8.42 Å². The first-order chi connectivity index (χ1) is 12.7. The average molecular weight is 445 g/mol. The molecule has 0 fully saturated rings. The number of hydrogen-bond acceptors (Lipinski definition) is 3. The van der Waals surface area contributed by atoms with Gasteiger partial charge in [-0.15, -0.1) is 0 Å². The molecule has 9 heteroatoms. The molecule has 142 valence electrons. The lowest BCUT2D eigenvalue weighted by Gasteiger charge is -2.12. The molecule has 0 aliphatic rings. The summed E-state index contributed by atoms with van der Waals surface area (Å²) in [6, 6.07) is 11.6. The van der Waals surface area contributed by atoms with Crippen LogP contribution < -0.4 is 4.72 Å². The monoisotopic (exact) mass is 443 g/mol. The number of halogens is 3. The lowest BCUT2D eigenvalue weighted by Crippen LogP contribution is -2.14. The molecule has 0 unspecified atom stereocenters. The number of aromatic nitrogens is 2. The first-order valence-corrected chi connectivity index (χ1v) is 10.5. The lowest BCUT2D eigenvalue weighted by molar-refractivity contribution is 0.601. The Bertz CT molecular complexity index is 1110. The molecule has 1 N–H and O–H groups in total. The van der Waals surface area contributed by atoms with Crippen molar-refractivity contribution in [2.45, 2.75) is 25.3 Å². The molecule has 0 saturated heterocycles. The number of nitrogens with zero attached hydrogens (tertiary/aromatic N) is 2. The molecule has 0 bridgehead atoms. The van der Waals surface area contributed by atoms with Crippen molar-refractivity contribution in [2.75, 3.05) is 4.72 Å². The van der Waals surface area contributed by atoms with E-state index in [-0.39, 0.29) is 20.0 Å². The Kier molecular flexibility index (Phi) is 5.72. The maximum absolute atomic E-state index is 12.7.